The molecule has 2 unspecified atom stereocenters. The van der Waals surface area contributed by atoms with E-state index < -0.39 is 12.1 Å². The SMILES string of the molecule is CN1C(=O)COC(C(=O)NCC2CC2)C1c1ccc(Cl)cc1. The van der Waals surface area contributed by atoms with Crippen LogP contribution in [0.5, 0.6) is 0 Å². The lowest BCUT2D eigenvalue weighted by atomic mass is 9.97. The third kappa shape index (κ3) is 3.25. The lowest BCUT2D eigenvalue weighted by Crippen LogP contribution is -2.53. The summed E-state index contributed by atoms with van der Waals surface area (Å²) >= 11 is 5.92. The summed E-state index contributed by atoms with van der Waals surface area (Å²) in [7, 11) is 1.70. The molecule has 1 aliphatic heterocycles. The predicted molar refractivity (Wildman–Crippen MR) is 82.4 cm³/mol. The first kappa shape index (κ1) is 15.3. The Hall–Kier alpha value is -1.59. The number of carbonyl (C=O) groups excluding carboxylic acids is 2. The molecule has 1 aliphatic carbocycles. The average Bonchev–Trinajstić information content (AvgIpc) is 3.33. The maximum absolute atomic E-state index is 12.4. The van der Waals surface area contributed by atoms with Gasteiger partial charge in [-0.3, -0.25) is 9.59 Å². The van der Waals surface area contributed by atoms with Crippen LogP contribution in [0.25, 0.3) is 0 Å². The van der Waals surface area contributed by atoms with Crippen molar-refractivity contribution in [3.05, 3.63) is 34.9 Å². The number of morpholine rings is 1. The van der Waals surface area contributed by atoms with Crippen LogP contribution < -0.4 is 5.32 Å². The van der Waals surface area contributed by atoms with Crippen molar-refractivity contribution in [2.24, 2.45) is 5.92 Å². The Labute approximate surface area is 134 Å². The van der Waals surface area contributed by atoms with Gasteiger partial charge >= 0.3 is 0 Å². The summed E-state index contributed by atoms with van der Waals surface area (Å²) in [5, 5.41) is 3.55. The Balaban J connectivity index is 1.80. The summed E-state index contributed by atoms with van der Waals surface area (Å²) in [6.45, 7) is 0.617. The van der Waals surface area contributed by atoms with Crippen LogP contribution in [0.4, 0.5) is 0 Å². The van der Waals surface area contributed by atoms with E-state index in [-0.39, 0.29) is 18.4 Å². The molecular weight excluding hydrogens is 304 g/mol. The third-order valence-electron chi connectivity index (χ3n) is 4.22. The van der Waals surface area contributed by atoms with Crippen molar-refractivity contribution in [3.8, 4) is 0 Å². The van der Waals surface area contributed by atoms with Crippen molar-refractivity contribution in [1.29, 1.82) is 0 Å². The van der Waals surface area contributed by atoms with Crippen molar-refractivity contribution in [2.45, 2.75) is 25.0 Å². The Morgan fingerprint density at radius 2 is 2.05 bits per heavy atom. The molecule has 22 heavy (non-hydrogen) atoms. The number of carbonyl (C=O) groups is 2. The van der Waals surface area contributed by atoms with Crippen molar-refractivity contribution >= 4 is 23.4 Å². The Morgan fingerprint density at radius 3 is 2.68 bits per heavy atom. The van der Waals surface area contributed by atoms with Crippen LogP contribution in [0.15, 0.2) is 24.3 Å². The van der Waals surface area contributed by atoms with Gasteiger partial charge in [-0.05, 0) is 36.5 Å². The molecule has 0 radical (unpaired) electrons. The number of hydrogen-bond donors (Lipinski definition) is 1. The molecule has 2 atom stereocenters. The monoisotopic (exact) mass is 322 g/mol. The van der Waals surface area contributed by atoms with Gasteiger partial charge in [-0.2, -0.15) is 0 Å². The third-order valence-corrected chi connectivity index (χ3v) is 4.47. The second-order valence-corrected chi connectivity index (χ2v) is 6.36. The quantitative estimate of drug-likeness (QED) is 0.919. The first-order valence-corrected chi connectivity index (χ1v) is 7.84. The number of hydrogen-bond acceptors (Lipinski definition) is 3. The van der Waals surface area contributed by atoms with Gasteiger partial charge in [0.15, 0.2) is 6.10 Å². The van der Waals surface area contributed by atoms with Gasteiger partial charge in [0.25, 0.3) is 5.91 Å². The van der Waals surface area contributed by atoms with Crippen molar-refractivity contribution in [1.82, 2.24) is 10.2 Å². The average molecular weight is 323 g/mol. The summed E-state index contributed by atoms with van der Waals surface area (Å²) in [5.41, 5.74) is 0.839. The van der Waals surface area contributed by atoms with Gasteiger partial charge in [0, 0.05) is 18.6 Å². The molecule has 2 amide bonds. The number of likely N-dealkylation sites (N-methyl/N-ethyl adjacent to an activating group) is 1. The number of nitrogens with zero attached hydrogens (tertiary/aromatic N) is 1. The number of nitrogens with one attached hydrogen (secondary N) is 1. The zero-order valence-electron chi connectivity index (χ0n) is 12.4. The zero-order valence-corrected chi connectivity index (χ0v) is 13.2. The van der Waals surface area contributed by atoms with Crippen LogP contribution in [-0.2, 0) is 14.3 Å². The highest BCUT2D eigenvalue weighted by Crippen LogP contribution is 2.31. The fourth-order valence-corrected chi connectivity index (χ4v) is 2.78. The van der Waals surface area contributed by atoms with Crippen LogP contribution in [0.1, 0.15) is 24.4 Å². The van der Waals surface area contributed by atoms with E-state index >= 15 is 0 Å². The zero-order chi connectivity index (χ0) is 15.7. The molecule has 5 nitrogen and oxygen atoms in total. The largest absolute Gasteiger partial charge is 0.356 e. The maximum atomic E-state index is 12.4. The van der Waals surface area contributed by atoms with Gasteiger partial charge < -0.3 is 15.0 Å². The highest BCUT2D eigenvalue weighted by Gasteiger charge is 2.40. The molecule has 0 bridgehead atoms. The minimum Gasteiger partial charge on any atom is -0.356 e. The molecule has 0 spiro atoms. The van der Waals surface area contributed by atoms with E-state index in [1.807, 2.05) is 12.1 Å². The van der Waals surface area contributed by atoms with Crippen LogP contribution in [0, 0.1) is 5.92 Å². The van der Waals surface area contributed by atoms with E-state index in [0.29, 0.717) is 17.5 Å². The first-order valence-electron chi connectivity index (χ1n) is 7.46. The Kier molecular flexibility index (Phi) is 4.36. The van der Waals surface area contributed by atoms with Gasteiger partial charge in [0.2, 0.25) is 5.91 Å². The highest BCUT2D eigenvalue weighted by molar-refractivity contribution is 6.30. The molecule has 1 aromatic rings. The molecule has 118 valence electrons. The highest BCUT2D eigenvalue weighted by atomic mass is 35.5. The molecule has 0 aromatic heterocycles. The molecule has 2 aliphatic rings. The smallest absolute Gasteiger partial charge is 0.251 e. The van der Waals surface area contributed by atoms with Crippen LogP contribution in [0.3, 0.4) is 0 Å². The Bertz CT molecular complexity index is 571. The molecule has 1 N–H and O–H groups in total. The first-order chi connectivity index (χ1) is 10.6. The standard InChI is InChI=1S/C16H19ClN2O3/c1-19-13(20)9-22-15(16(21)18-8-10-2-3-10)14(19)11-4-6-12(17)7-5-11/h4-7,10,14-15H,2-3,8-9H2,1H3,(H,18,21). The maximum Gasteiger partial charge on any atom is 0.251 e. The van der Waals surface area contributed by atoms with E-state index in [0.717, 1.165) is 5.56 Å². The number of halogens is 1. The topological polar surface area (TPSA) is 58.6 Å². The van der Waals surface area contributed by atoms with E-state index in [9.17, 15) is 9.59 Å². The fraction of sp³-hybridized carbons (Fsp3) is 0.500. The lowest BCUT2D eigenvalue weighted by molar-refractivity contribution is -0.162. The van der Waals surface area contributed by atoms with Crippen molar-refractivity contribution in [3.63, 3.8) is 0 Å². The van der Waals surface area contributed by atoms with Crippen molar-refractivity contribution in [2.75, 3.05) is 20.2 Å². The van der Waals surface area contributed by atoms with Gasteiger partial charge in [0.05, 0.1) is 6.04 Å². The molecule has 1 heterocycles. The van der Waals surface area contributed by atoms with Gasteiger partial charge in [-0.25, -0.2) is 0 Å². The molecule has 6 heteroatoms. The summed E-state index contributed by atoms with van der Waals surface area (Å²) in [6, 6.07) is 6.73. The van der Waals surface area contributed by atoms with E-state index in [2.05, 4.69) is 5.32 Å². The second kappa shape index (κ2) is 6.26. The molecule has 1 aromatic carbocycles. The molecular formula is C16H19ClN2O3. The molecule has 3 rings (SSSR count). The van der Waals surface area contributed by atoms with E-state index in [1.165, 1.54) is 12.8 Å². The van der Waals surface area contributed by atoms with Crippen LogP contribution in [-0.4, -0.2) is 43.0 Å². The summed E-state index contributed by atoms with van der Waals surface area (Å²) < 4.78 is 5.54. The number of amides is 2. The molecule has 1 saturated heterocycles. The number of ether oxygens (including phenoxy) is 1. The normalized spacial score (nSPS) is 25.2. The fourth-order valence-electron chi connectivity index (χ4n) is 2.66. The molecule has 1 saturated carbocycles. The summed E-state index contributed by atoms with van der Waals surface area (Å²) in [5.74, 6) is 0.304. The summed E-state index contributed by atoms with van der Waals surface area (Å²) in [4.78, 5) is 25.9. The lowest BCUT2D eigenvalue weighted by Gasteiger charge is -2.38. The second-order valence-electron chi connectivity index (χ2n) is 5.92. The minimum atomic E-state index is -0.692. The van der Waals surface area contributed by atoms with Crippen molar-refractivity contribution < 1.29 is 14.3 Å². The number of benzene rings is 1. The van der Waals surface area contributed by atoms with Crippen LogP contribution in [0.2, 0.25) is 5.02 Å². The van der Waals surface area contributed by atoms with Crippen LogP contribution >= 0.6 is 11.6 Å². The predicted octanol–water partition coefficient (Wildman–Crippen LogP) is 1.76. The van der Waals surface area contributed by atoms with Gasteiger partial charge in [-0.1, -0.05) is 23.7 Å². The molecule has 2 fully saturated rings. The van der Waals surface area contributed by atoms with Gasteiger partial charge in [0.1, 0.15) is 6.61 Å². The van der Waals surface area contributed by atoms with Gasteiger partial charge in [-0.15, -0.1) is 0 Å². The number of rotatable bonds is 4. The van der Waals surface area contributed by atoms with E-state index in [1.54, 1.807) is 24.1 Å². The summed E-state index contributed by atoms with van der Waals surface area (Å²) in [6.07, 6.45) is 1.65. The Morgan fingerprint density at radius 1 is 1.36 bits per heavy atom. The minimum absolute atomic E-state index is 0.0674. The van der Waals surface area contributed by atoms with E-state index in [4.69, 9.17) is 16.3 Å².